The molecule has 154 valence electrons. The number of nitro benzene ring substituents is 1. The molecule has 3 aromatic rings. The minimum absolute atomic E-state index is 0.157. The van der Waals surface area contributed by atoms with Crippen molar-refractivity contribution in [1.29, 1.82) is 0 Å². The SMILES string of the molecule is COC(=O)c1cc(C(=O)OCc2cc(=O)oc3c(C)c(C)ccc23)cc([N+](=O)[O-])c1. The highest BCUT2D eigenvalue weighted by atomic mass is 16.6. The molecular weight excluding hydrogens is 394 g/mol. The van der Waals surface area contributed by atoms with Crippen LogP contribution in [-0.4, -0.2) is 24.0 Å². The number of fused-ring (bicyclic) bond motifs is 1. The summed E-state index contributed by atoms with van der Waals surface area (Å²) in [6, 6.07) is 7.98. The van der Waals surface area contributed by atoms with Gasteiger partial charge in [0.05, 0.1) is 23.2 Å². The number of rotatable bonds is 5. The second-order valence-corrected chi connectivity index (χ2v) is 6.57. The molecule has 0 N–H and O–H groups in total. The fourth-order valence-corrected chi connectivity index (χ4v) is 2.94. The molecular formula is C21H17NO8. The number of hydrogen-bond acceptors (Lipinski definition) is 8. The van der Waals surface area contributed by atoms with Gasteiger partial charge in [-0.1, -0.05) is 12.1 Å². The van der Waals surface area contributed by atoms with E-state index in [0.717, 1.165) is 36.4 Å². The van der Waals surface area contributed by atoms with Crippen molar-refractivity contribution in [3.05, 3.63) is 84.7 Å². The summed E-state index contributed by atoms with van der Waals surface area (Å²) in [4.78, 5) is 46.6. The summed E-state index contributed by atoms with van der Waals surface area (Å²) in [7, 11) is 1.12. The predicted molar refractivity (Wildman–Crippen MR) is 106 cm³/mol. The molecule has 0 amide bonds. The van der Waals surface area contributed by atoms with E-state index >= 15 is 0 Å². The molecule has 0 spiro atoms. The molecule has 30 heavy (non-hydrogen) atoms. The molecule has 0 aliphatic rings. The third-order valence-electron chi connectivity index (χ3n) is 4.66. The molecule has 2 aromatic carbocycles. The standard InChI is InChI=1S/C21H17NO8/c1-11-4-5-17-15(9-18(23)30-19(17)12(11)2)10-29-21(25)14-6-13(20(24)28-3)7-16(8-14)22(26)27/h4-9H,10H2,1-3H3. The van der Waals surface area contributed by atoms with Crippen molar-refractivity contribution in [3.8, 4) is 0 Å². The summed E-state index contributed by atoms with van der Waals surface area (Å²) in [5.41, 5.74) is 1.16. The van der Waals surface area contributed by atoms with Crippen LogP contribution in [0.25, 0.3) is 11.0 Å². The third-order valence-corrected chi connectivity index (χ3v) is 4.66. The van der Waals surface area contributed by atoms with E-state index < -0.39 is 28.2 Å². The van der Waals surface area contributed by atoms with E-state index in [1.165, 1.54) is 6.07 Å². The Balaban J connectivity index is 1.94. The van der Waals surface area contributed by atoms with E-state index in [9.17, 15) is 24.5 Å². The van der Waals surface area contributed by atoms with Gasteiger partial charge in [-0.2, -0.15) is 0 Å². The van der Waals surface area contributed by atoms with Gasteiger partial charge >= 0.3 is 17.6 Å². The van der Waals surface area contributed by atoms with Gasteiger partial charge in [0, 0.05) is 29.1 Å². The first-order chi connectivity index (χ1) is 14.2. The lowest BCUT2D eigenvalue weighted by atomic mass is 10.0. The van der Waals surface area contributed by atoms with E-state index in [1.54, 1.807) is 6.07 Å². The maximum absolute atomic E-state index is 12.5. The van der Waals surface area contributed by atoms with Crippen LogP contribution in [0.15, 0.2) is 45.6 Å². The van der Waals surface area contributed by atoms with E-state index in [1.807, 2.05) is 19.9 Å². The van der Waals surface area contributed by atoms with Gasteiger partial charge in [-0.05, 0) is 31.0 Å². The lowest BCUT2D eigenvalue weighted by Gasteiger charge is -2.10. The number of benzene rings is 2. The maximum Gasteiger partial charge on any atom is 0.338 e. The van der Waals surface area contributed by atoms with Crippen LogP contribution >= 0.6 is 0 Å². The minimum atomic E-state index is -0.894. The molecule has 0 bridgehead atoms. The fourth-order valence-electron chi connectivity index (χ4n) is 2.94. The molecule has 1 heterocycles. The van der Waals surface area contributed by atoms with Gasteiger partial charge < -0.3 is 13.9 Å². The van der Waals surface area contributed by atoms with Gasteiger partial charge in [0.2, 0.25) is 0 Å². The molecule has 0 radical (unpaired) electrons. The summed E-state index contributed by atoms with van der Waals surface area (Å²) in [5.74, 6) is -1.72. The second kappa shape index (κ2) is 8.16. The van der Waals surface area contributed by atoms with E-state index in [2.05, 4.69) is 4.74 Å². The zero-order chi connectivity index (χ0) is 22.0. The predicted octanol–water partition coefficient (Wildman–Crippen LogP) is 3.46. The van der Waals surface area contributed by atoms with Crippen LogP contribution in [0.3, 0.4) is 0 Å². The van der Waals surface area contributed by atoms with Crippen LogP contribution in [0, 0.1) is 24.0 Å². The van der Waals surface area contributed by atoms with Crippen molar-refractivity contribution < 1.29 is 28.4 Å². The zero-order valence-corrected chi connectivity index (χ0v) is 16.4. The highest BCUT2D eigenvalue weighted by Crippen LogP contribution is 2.24. The van der Waals surface area contributed by atoms with Gasteiger partial charge in [0.25, 0.3) is 5.69 Å². The van der Waals surface area contributed by atoms with Crippen LogP contribution < -0.4 is 5.63 Å². The first-order valence-corrected chi connectivity index (χ1v) is 8.79. The van der Waals surface area contributed by atoms with Crippen molar-refractivity contribution in [1.82, 2.24) is 0 Å². The minimum Gasteiger partial charge on any atom is -0.465 e. The topological polar surface area (TPSA) is 126 Å². The molecule has 0 saturated carbocycles. The van der Waals surface area contributed by atoms with Gasteiger partial charge in [0.1, 0.15) is 12.2 Å². The number of aryl methyl sites for hydroxylation is 2. The largest absolute Gasteiger partial charge is 0.465 e. The van der Waals surface area contributed by atoms with E-state index in [0.29, 0.717) is 16.5 Å². The van der Waals surface area contributed by atoms with Gasteiger partial charge in [0.15, 0.2) is 0 Å². The maximum atomic E-state index is 12.5. The highest BCUT2D eigenvalue weighted by Gasteiger charge is 2.20. The van der Waals surface area contributed by atoms with Gasteiger partial charge in [-0.3, -0.25) is 10.1 Å². The van der Waals surface area contributed by atoms with E-state index in [4.69, 9.17) is 9.15 Å². The Morgan fingerprint density at radius 1 is 1.07 bits per heavy atom. The molecule has 0 aliphatic carbocycles. The van der Waals surface area contributed by atoms with Crippen molar-refractivity contribution in [3.63, 3.8) is 0 Å². The van der Waals surface area contributed by atoms with Crippen LogP contribution in [0.2, 0.25) is 0 Å². The molecule has 9 nitrogen and oxygen atoms in total. The number of nitrogens with zero attached hydrogens (tertiary/aromatic N) is 1. The van der Waals surface area contributed by atoms with Crippen LogP contribution in [0.1, 0.15) is 37.4 Å². The first-order valence-electron chi connectivity index (χ1n) is 8.79. The summed E-state index contributed by atoms with van der Waals surface area (Å²) in [5, 5.41) is 11.7. The molecule has 1 aromatic heterocycles. The quantitative estimate of drug-likeness (QED) is 0.270. The number of non-ortho nitro benzene ring substituents is 1. The molecule has 9 heteroatoms. The normalized spacial score (nSPS) is 10.6. The van der Waals surface area contributed by atoms with Crippen LogP contribution in [0.4, 0.5) is 5.69 Å². The van der Waals surface area contributed by atoms with Crippen molar-refractivity contribution in [2.45, 2.75) is 20.5 Å². The second-order valence-electron chi connectivity index (χ2n) is 6.57. The van der Waals surface area contributed by atoms with Crippen molar-refractivity contribution >= 4 is 28.6 Å². The lowest BCUT2D eigenvalue weighted by Crippen LogP contribution is -2.10. The van der Waals surface area contributed by atoms with Crippen molar-refractivity contribution in [2.24, 2.45) is 0 Å². The number of carbonyl (C=O) groups excluding carboxylic acids is 2. The molecule has 0 unspecified atom stereocenters. The molecule has 0 atom stereocenters. The first kappa shape index (κ1) is 20.7. The highest BCUT2D eigenvalue weighted by molar-refractivity contribution is 5.96. The van der Waals surface area contributed by atoms with Crippen molar-refractivity contribution in [2.75, 3.05) is 7.11 Å². The monoisotopic (exact) mass is 411 g/mol. The fraction of sp³-hybridized carbons (Fsp3) is 0.190. The summed E-state index contributed by atoms with van der Waals surface area (Å²) in [6.07, 6.45) is 0. The molecule has 0 fully saturated rings. The van der Waals surface area contributed by atoms with Crippen LogP contribution in [0.5, 0.6) is 0 Å². The Labute approximate surface area is 170 Å². The Hall–Kier alpha value is -4.01. The van der Waals surface area contributed by atoms with Gasteiger partial charge in [-0.15, -0.1) is 0 Å². The Morgan fingerprint density at radius 2 is 1.73 bits per heavy atom. The van der Waals surface area contributed by atoms with Crippen LogP contribution in [-0.2, 0) is 16.1 Å². The molecule has 0 aliphatic heterocycles. The number of ether oxygens (including phenoxy) is 2. The Kier molecular flexibility index (Phi) is 5.63. The Morgan fingerprint density at radius 3 is 2.37 bits per heavy atom. The summed E-state index contributed by atoms with van der Waals surface area (Å²) >= 11 is 0. The molecule has 0 saturated heterocycles. The average molecular weight is 411 g/mol. The molecule has 3 rings (SSSR count). The van der Waals surface area contributed by atoms with E-state index in [-0.39, 0.29) is 17.7 Å². The number of nitro groups is 1. The Bertz CT molecular complexity index is 1240. The number of esters is 2. The summed E-state index contributed by atoms with van der Waals surface area (Å²) < 4.78 is 15.1. The zero-order valence-electron chi connectivity index (χ0n) is 16.4. The lowest BCUT2D eigenvalue weighted by molar-refractivity contribution is -0.384. The third kappa shape index (κ3) is 4.04. The van der Waals surface area contributed by atoms with Gasteiger partial charge in [-0.25, -0.2) is 14.4 Å². The average Bonchev–Trinajstić information content (AvgIpc) is 2.73. The summed E-state index contributed by atoms with van der Waals surface area (Å²) in [6.45, 7) is 3.43. The number of hydrogen-bond donors (Lipinski definition) is 0. The smallest absolute Gasteiger partial charge is 0.338 e. The number of methoxy groups -OCH3 is 1. The number of carbonyl (C=O) groups is 2.